The summed E-state index contributed by atoms with van der Waals surface area (Å²) in [6.07, 6.45) is -0.403. The van der Waals surface area contributed by atoms with Crippen LogP contribution in [-0.4, -0.2) is 48.2 Å². The summed E-state index contributed by atoms with van der Waals surface area (Å²) in [6.45, 7) is 5.65. The fourth-order valence-electron chi connectivity index (χ4n) is 1.31. The van der Waals surface area contributed by atoms with Gasteiger partial charge in [-0.25, -0.2) is 4.79 Å². The summed E-state index contributed by atoms with van der Waals surface area (Å²) in [7, 11) is 1.16. The normalized spacial score (nSPS) is 12.7. The zero-order valence-corrected chi connectivity index (χ0v) is 11.1. The second kappa shape index (κ2) is 6.95. The van der Waals surface area contributed by atoms with Gasteiger partial charge < -0.3 is 20.5 Å². The Kier molecular flexibility index (Phi) is 6.32. The fraction of sp³-hybridized carbons (Fsp3) is 0.727. The van der Waals surface area contributed by atoms with Crippen molar-refractivity contribution < 1.29 is 24.2 Å². The van der Waals surface area contributed by atoms with Gasteiger partial charge in [0.2, 0.25) is 5.91 Å². The maximum Gasteiger partial charge on any atom is 0.326 e. The maximum absolute atomic E-state index is 11.9. The first kappa shape index (κ1) is 16.4. The molecule has 18 heavy (non-hydrogen) atoms. The number of carbonyl (C=O) groups excluding carboxylic acids is 2. The van der Waals surface area contributed by atoms with Crippen LogP contribution < -0.4 is 10.6 Å². The van der Waals surface area contributed by atoms with E-state index in [-0.39, 0.29) is 0 Å². The van der Waals surface area contributed by atoms with Crippen molar-refractivity contribution in [2.45, 2.75) is 38.8 Å². The standard InChI is InChI=1S/C11H20N2O5/c1-5-12-11(2,3)10(17)13-7(9(15)16)6-8(14)18-4/h7,12H,5-6H2,1-4H3,(H,13,17)(H,15,16)/t7-/m0/s1. The first-order chi connectivity index (χ1) is 8.24. The molecule has 0 aromatic rings. The molecule has 7 heteroatoms. The van der Waals surface area contributed by atoms with Gasteiger partial charge in [0.05, 0.1) is 19.1 Å². The Morgan fingerprint density at radius 3 is 2.28 bits per heavy atom. The summed E-state index contributed by atoms with van der Waals surface area (Å²) in [5.41, 5.74) is -0.904. The van der Waals surface area contributed by atoms with Crippen molar-refractivity contribution >= 4 is 17.8 Å². The molecule has 0 saturated heterocycles. The van der Waals surface area contributed by atoms with Crippen LogP contribution >= 0.6 is 0 Å². The predicted octanol–water partition coefficient (Wildman–Crippen LogP) is -0.493. The Morgan fingerprint density at radius 2 is 1.89 bits per heavy atom. The molecule has 0 saturated carbocycles. The fourth-order valence-corrected chi connectivity index (χ4v) is 1.31. The predicted molar refractivity (Wildman–Crippen MR) is 64.0 cm³/mol. The van der Waals surface area contributed by atoms with Crippen molar-refractivity contribution in [3.8, 4) is 0 Å². The molecule has 3 N–H and O–H groups in total. The van der Waals surface area contributed by atoms with E-state index in [0.717, 1.165) is 7.11 Å². The number of carboxylic acids is 1. The quantitative estimate of drug-likeness (QED) is 0.533. The number of ether oxygens (including phenoxy) is 1. The Bertz CT molecular complexity index is 327. The number of likely N-dealkylation sites (N-methyl/N-ethyl adjacent to an activating group) is 1. The van der Waals surface area contributed by atoms with Gasteiger partial charge in [-0.05, 0) is 20.4 Å². The van der Waals surface area contributed by atoms with Crippen LogP contribution in [0.5, 0.6) is 0 Å². The van der Waals surface area contributed by atoms with E-state index in [4.69, 9.17) is 5.11 Å². The third-order valence-electron chi connectivity index (χ3n) is 2.39. The molecule has 0 aliphatic heterocycles. The Balaban J connectivity index is 4.64. The van der Waals surface area contributed by atoms with Crippen molar-refractivity contribution in [2.24, 2.45) is 0 Å². The van der Waals surface area contributed by atoms with Gasteiger partial charge in [0.1, 0.15) is 6.04 Å². The van der Waals surface area contributed by atoms with Gasteiger partial charge in [-0.15, -0.1) is 0 Å². The summed E-state index contributed by atoms with van der Waals surface area (Å²) in [5, 5.41) is 14.1. The van der Waals surface area contributed by atoms with E-state index in [1.165, 1.54) is 0 Å². The number of aliphatic carboxylic acids is 1. The lowest BCUT2D eigenvalue weighted by atomic mass is 10.0. The third-order valence-corrected chi connectivity index (χ3v) is 2.39. The number of amides is 1. The Hall–Kier alpha value is -1.63. The molecule has 0 spiro atoms. The minimum Gasteiger partial charge on any atom is -0.480 e. The van der Waals surface area contributed by atoms with Crippen molar-refractivity contribution in [1.82, 2.24) is 10.6 Å². The van der Waals surface area contributed by atoms with E-state index in [2.05, 4.69) is 15.4 Å². The minimum absolute atomic E-state index is 0.403. The number of carbonyl (C=O) groups is 3. The molecule has 0 aliphatic rings. The number of carboxylic acid groups (broad SMARTS) is 1. The van der Waals surface area contributed by atoms with E-state index in [0.29, 0.717) is 6.54 Å². The molecule has 0 radical (unpaired) electrons. The largest absolute Gasteiger partial charge is 0.480 e. The van der Waals surface area contributed by atoms with Crippen LogP contribution in [0.3, 0.4) is 0 Å². The molecule has 0 unspecified atom stereocenters. The van der Waals surface area contributed by atoms with Crippen LogP contribution in [0.25, 0.3) is 0 Å². The lowest BCUT2D eigenvalue weighted by molar-refractivity contribution is -0.149. The monoisotopic (exact) mass is 260 g/mol. The number of hydrogen-bond acceptors (Lipinski definition) is 5. The summed E-state index contributed by atoms with van der Waals surface area (Å²) in [5.74, 6) is -2.45. The summed E-state index contributed by atoms with van der Waals surface area (Å²) >= 11 is 0. The molecular formula is C11H20N2O5. The molecule has 7 nitrogen and oxygen atoms in total. The molecular weight excluding hydrogens is 240 g/mol. The second-order valence-electron chi connectivity index (χ2n) is 4.30. The lowest BCUT2D eigenvalue weighted by Crippen LogP contribution is -2.56. The van der Waals surface area contributed by atoms with Gasteiger partial charge in [-0.3, -0.25) is 9.59 Å². The number of hydrogen-bond donors (Lipinski definition) is 3. The van der Waals surface area contributed by atoms with E-state index in [1.54, 1.807) is 13.8 Å². The molecule has 0 rings (SSSR count). The van der Waals surface area contributed by atoms with Gasteiger partial charge in [0.25, 0.3) is 0 Å². The highest BCUT2D eigenvalue weighted by molar-refractivity contribution is 5.91. The topological polar surface area (TPSA) is 105 Å². The SMILES string of the molecule is CCNC(C)(C)C(=O)N[C@@H](CC(=O)OC)C(=O)O. The Morgan fingerprint density at radius 1 is 1.33 bits per heavy atom. The molecule has 0 bridgehead atoms. The van der Waals surface area contributed by atoms with Gasteiger partial charge >= 0.3 is 11.9 Å². The van der Waals surface area contributed by atoms with Crippen molar-refractivity contribution in [3.05, 3.63) is 0 Å². The van der Waals surface area contributed by atoms with Crippen LogP contribution in [0.2, 0.25) is 0 Å². The summed E-state index contributed by atoms with van der Waals surface area (Å²) in [4.78, 5) is 33.8. The van der Waals surface area contributed by atoms with Crippen molar-refractivity contribution in [3.63, 3.8) is 0 Å². The van der Waals surface area contributed by atoms with Gasteiger partial charge in [0.15, 0.2) is 0 Å². The average Bonchev–Trinajstić information content (AvgIpc) is 2.27. The number of esters is 1. The molecule has 104 valence electrons. The molecule has 1 amide bonds. The van der Waals surface area contributed by atoms with Crippen LogP contribution in [0, 0.1) is 0 Å². The highest BCUT2D eigenvalue weighted by atomic mass is 16.5. The zero-order chi connectivity index (χ0) is 14.3. The molecule has 0 aliphatic carbocycles. The van der Waals surface area contributed by atoms with Crippen LogP contribution in [0.15, 0.2) is 0 Å². The van der Waals surface area contributed by atoms with Gasteiger partial charge in [0, 0.05) is 0 Å². The van der Waals surface area contributed by atoms with E-state index in [9.17, 15) is 14.4 Å². The molecule has 0 aromatic heterocycles. The first-order valence-corrected chi connectivity index (χ1v) is 5.60. The first-order valence-electron chi connectivity index (χ1n) is 5.60. The van der Waals surface area contributed by atoms with Crippen molar-refractivity contribution in [1.29, 1.82) is 0 Å². The molecule has 0 fully saturated rings. The number of nitrogens with one attached hydrogen (secondary N) is 2. The highest BCUT2D eigenvalue weighted by Gasteiger charge is 2.31. The Labute approximate surface area is 106 Å². The number of rotatable bonds is 7. The molecule has 1 atom stereocenters. The molecule has 0 aromatic carbocycles. The van der Waals surface area contributed by atoms with Gasteiger partial charge in [-0.2, -0.15) is 0 Å². The minimum atomic E-state index is -1.29. The highest BCUT2D eigenvalue weighted by Crippen LogP contribution is 2.04. The second-order valence-corrected chi connectivity index (χ2v) is 4.30. The summed E-state index contributed by atoms with van der Waals surface area (Å²) < 4.78 is 4.38. The van der Waals surface area contributed by atoms with Crippen LogP contribution in [0.4, 0.5) is 0 Å². The van der Waals surface area contributed by atoms with E-state index in [1.807, 2.05) is 6.92 Å². The van der Waals surface area contributed by atoms with Gasteiger partial charge in [-0.1, -0.05) is 6.92 Å². The van der Waals surface area contributed by atoms with E-state index >= 15 is 0 Å². The summed E-state index contributed by atoms with van der Waals surface area (Å²) in [6, 6.07) is -1.29. The smallest absolute Gasteiger partial charge is 0.326 e. The van der Waals surface area contributed by atoms with Crippen LogP contribution in [-0.2, 0) is 19.1 Å². The van der Waals surface area contributed by atoms with E-state index < -0.39 is 35.8 Å². The molecule has 0 heterocycles. The lowest BCUT2D eigenvalue weighted by Gasteiger charge is -2.26. The van der Waals surface area contributed by atoms with Crippen molar-refractivity contribution in [2.75, 3.05) is 13.7 Å². The zero-order valence-electron chi connectivity index (χ0n) is 11.1. The third kappa shape index (κ3) is 5.13. The van der Waals surface area contributed by atoms with Crippen LogP contribution in [0.1, 0.15) is 27.2 Å². The average molecular weight is 260 g/mol. The number of methoxy groups -OCH3 is 1. The maximum atomic E-state index is 11.9.